The Hall–Kier alpha value is -4.93. The zero-order chi connectivity index (χ0) is 26.2. The Morgan fingerprint density at radius 3 is 2.20 bits per heavy atom. The summed E-state index contributed by atoms with van der Waals surface area (Å²) in [5, 5.41) is 5.78. The van der Waals surface area contributed by atoms with E-state index < -0.39 is 0 Å². The van der Waals surface area contributed by atoms with Gasteiger partial charge in [-0.1, -0.05) is 84.6 Å². The molecule has 0 saturated heterocycles. The maximum atomic E-state index is 6.03. The van der Waals surface area contributed by atoms with E-state index >= 15 is 0 Å². The van der Waals surface area contributed by atoms with Crippen molar-refractivity contribution in [3.8, 4) is 33.8 Å². The van der Waals surface area contributed by atoms with Gasteiger partial charge in [-0.2, -0.15) is 0 Å². The Morgan fingerprint density at radius 1 is 0.525 bits per heavy atom. The highest BCUT2D eigenvalue weighted by molar-refractivity contribution is 7.99. The molecule has 0 N–H and O–H groups in total. The van der Waals surface area contributed by atoms with Gasteiger partial charge >= 0.3 is 0 Å². The fraction of sp³-hybridized carbons (Fsp3) is 0. The lowest BCUT2D eigenvalue weighted by molar-refractivity contribution is 0.669. The Labute approximate surface area is 234 Å². The summed E-state index contributed by atoms with van der Waals surface area (Å²) in [5.41, 5.74) is 8.38. The van der Waals surface area contributed by atoms with Crippen molar-refractivity contribution < 1.29 is 4.42 Å². The van der Waals surface area contributed by atoms with Crippen molar-refractivity contribution in [1.82, 2.24) is 9.97 Å². The van der Waals surface area contributed by atoms with E-state index in [1.807, 2.05) is 12.1 Å². The maximum absolute atomic E-state index is 6.03. The summed E-state index contributed by atoms with van der Waals surface area (Å²) < 4.78 is 6.03. The van der Waals surface area contributed by atoms with Crippen LogP contribution in [0.1, 0.15) is 0 Å². The van der Waals surface area contributed by atoms with Crippen molar-refractivity contribution in [3.63, 3.8) is 0 Å². The third kappa shape index (κ3) is 3.26. The molecule has 6 aromatic carbocycles. The molecule has 0 radical (unpaired) electrons. The first kappa shape index (κ1) is 21.9. The van der Waals surface area contributed by atoms with Crippen LogP contribution in [-0.4, -0.2) is 9.97 Å². The topological polar surface area (TPSA) is 38.9 Å². The van der Waals surface area contributed by atoms with Crippen molar-refractivity contribution in [2.45, 2.75) is 9.79 Å². The van der Waals surface area contributed by atoms with E-state index in [2.05, 4.69) is 109 Å². The molecule has 0 fully saturated rings. The third-order valence-electron chi connectivity index (χ3n) is 7.86. The van der Waals surface area contributed by atoms with E-state index in [1.54, 1.807) is 11.8 Å². The molecule has 3 nitrogen and oxygen atoms in total. The lowest BCUT2D eigenvalue weighted by Crippen LogP contribution is -2.00. The molecule has 0 bridgehead atoms. The zero-order valence-electron chi connectivity index (χ0n) is 21.3. The molecule has 8 aromatic rings. The van der Waals surface area contributed by atoms with E-state index in [0.717, 1.165) is 55.3 Å². The van der Waals surface area contributed by atoms with E-state index in [0.29, 0.717) is 0 Å². The molecule has 0 aliphatic carbocycles. The molecule has 0 unspecified atom stereocenters. The van der Waals surface area contributed by atoms with Crippen molar-refractivity contribution in [2.24, 2.45) is 0 Å². The average molecular weight is 529 g/mol. The van der Waals surface area contributed by atoms with Crippen molar-refractivity contribution >= 4 is 55.4 Å². The number of furan rings is 1. The molecule has 0 atom stereocenters. The summed E-state index contributed by atoms with van der Waals surface area (Å²) in [4.78, 5) is 12.6. The molecule has 1 aliphatic heterocycles. The minimum Gasteiger partial charge on any atom is -0.456 e. The van der Waals surface area contributed by atoms with Crippen LogP contribution >= 0.6 is 11.8 Å². The van der Waals surface area contributed by atoms with Crippen LogP contribution in [-0.2, 0) is 0 Å². The van der Waals surface area contributed by atoms with Gasteiger partial charge in [0.15, 0.2) is 5.82 Å². The second-order valence-electron chi connectivity index (χ2n) is 10.2. The molecule has 0 saturated carbocycles. The number of aromatic nitrogens is 2. The van der Waals surface area contributed by atoms with Gasteiger partial charge in [0.05, 0.1) is 11.2 Å². The fourth-order valence-corrected chi connectivity index (χ4v) is 7.01. The molecule has 0 spiro atoms. The summed E-state index contributed by atoms with van der Waals surface area (Å²) in [5.74, 6) is 0.754. The van der Waals surface area contributed by atoms with Crippen LogP contribution in [0.25, 0.3) is 77.4 Å². The largest absolute Gasteiger partial charge is 0.456 e. The van der Waals surface area contributed by atoms with Gasteiger partial charge in [-0.15, -0.1) is 0 Å². The van der Waals surface area contributed by atoms with Crippen LogP contribution < -0.4 is 0 Å². The minimum atomic E-state index is 0.754. The molecule has 2 aromatic heterocycles. The molecular weight excluding hydrogens is 508 g/mol. The van der Waals surface area contributed by atoms with Gasteiger partial charge in [0.2, 0.25) is 0 Å². The number of hydrogen-bond acceptors (Lipinski definition) is 4. The third-order valence-corrected chi connectivity index (χ3v) is 8.99. The smallest absolute Gasteiger partial charge is 0.160 e. The number of hydrogen-bond donors (Lipinski definition) is 0. The highest BCUT2D eigenvalue weighted by Gasteiger charge is 2.22. The van der Waals surface area contributed by atoms with Gasteiger partial charge in [-0.3, -0.25) is 0 Å². The molecular formula is C36H20N2OS. The van der Waals surface area contributed by atoms with Gasteiger partial charge in [0.1, 0.15) is 11.2 Å². The average Bonchev–Trinajstić information content (AvgIpc) is 3.38. The van der Waals surface area contributed by atoms with E-state index in [-0.39, 0.29) is 0 Å². The Balaban J connectivity index is 1.15. The quantitative estimate of drug-likeness (QED) is 0.224. The summed E-state index contributed by atoms with van der Waals surface area (Å²) in [6, 6.07) is 42.7. The fourth-order valence-electron chi connectivity index (χ4n) is 5.90. The Bertz CT molecular complexity index is 2320. The highest BCUT2D eigenvalue weighted by atomic mass is 32.2. The minimum absolute atomic E-state index is 0.754. The van der Waals surface area contributed by atoms with Gasteiger partial charge in [0, 0.05) is 37.1 Å². The standard InChI is InChI=1S/C36H20N2OS/c1-3-9-30-26(6-1)28-20-24(16-17-31(28)39-30)22-12-13-23-19-25(15-14-21(23)18-22)36-37-29-8-5-11-33-34(29)35(38-36)27-7-2-4-10-32(27)40-33/h1-20H. The van der Waals surface area contributed by atoms with Crippen LogP contribution in [0.2, 0.25) is 0 Å². The van der Waals surface area contributed by atoms with Crippen LogP contribution in [0.5, 0.6) is 0 Å². The summed E-state index contributed by atoms with van der Waals surface area (Å²) in [6.07, 6.45) is 0. The molecule has 0 amide bonds. The van der Waals surface area contributed by atoms with Crippen LogP contribution in [0, 0.1) is 0 Å². The first-order chi connectivity index (χ1) is 19.8. The van der Waals surface area contributed by atoms with Crippen LogP contribution in [0.4, 0.5) is 0 Å². The van der Waals surface area contributed by atoms with Crippen LogP contribution in [0.15, 0.2) is 136 Å². The molecule has 40 heavy (non-hydrogen) atoms. The second-order valence-corrected chi connectivity index (χ2v) is 11.3. The van der Waals surface area contributed by atoms with Crippen molar-refractivity contribution in [1.29, 1.82) is 0 Å². The molecule has 186 valence electrons. The molecule has 1 aliphatic rings. The van der Waals surface area contributed by atoms with E-state index in [4.69, 9.17) is 14.4 Å². The number of fused-ring (bicyclic) bond motifs is 6. The number of benzene rings is 6. The first-order valence-electron chi connectivity index (χ1n) is 13.3. The summed E-state index contributed by atoms with van der Waals surface area (Å²) in [6.45, 7) is 0. The Morgan fingerprint density at radius 2 is 1.25 bits per heavy atom. The predicted molar refractivity (Wildman–Crippen MR) is 165 cm³/mol. The number of para-hydroxylation sites is 1. The summed E-state index contributed by atoms with van der Waals surface area (Å²) in [7, 11) is 0. The van der Waals surface area contributed by atoms with Gasteiger partial charge in [-0.05, 0) is 70.4 Å². The van der Waals surface area contributed by atoms with Gasteiger partial charge in [-0.25, -0.2) is 9.97 Å². The monoisotopic (exact) mass is 528 g/mol. The Kier molecular flexibility index (Phi) is 4.54. The highest BCUT2D eigenvalue weighted by Crippen LogP contribution is 2.47. The van der Waals surface area contributed by atoms with Crippen molar-refractivity contribution in [2.75, 3.05) is 0 Å². The van der Waals surface area contributed by atoms with E-state index in [1.165, 1.54) is 31.9 Å². The lowest BCUT2D eigenvalue weighted by Gasteiger charge is -2.19. The van der Waals surface area contributed by atoms with Gasteiger partial charge < -0.3 is 4.42 Å². The normalized spacial score (nSPS) is 12.4. The summed E-state index contributed by atoms with van der Waals surface area (Å²) >= 11 is 1.79. The second kappa shape index (κ2) is 8.28. The predicted octanol–water partition coefficient (Wildman–Crippen LogP) is 10.1. The van der Waals surface area contributed by atoms with Crippen LogP contribution in [0.3, 0.4) is 0 Å². The maximum Gasteiger partial charge on any atom is 0.160 e. The number of rotatable bonds is 2. The SMILES string of the molecule is c1ccc2c(c1)Sc1cccc3nc(-c4ccc5cc(-c6ccc7oc8ccccc8c7c6)ccc5c4)nc-2c13. The lowest BCUT2D eigenvalue weighted by atomic mass is 9.98. The van der Waals surface area contributed by atoms with Gasteiger partial charge in [0.25, 0.3) is 0 Å². The van der Waals surface area contributed by atoms with E-state index in [9.17, 15) is 0 Å². The molecule has 3 heterocycles. The molecule has 9 rings (SSSR count). The molecule has 4 heteroatoms. The number of nitrogens with zero attached hydrogens (tertiary/aromatic N) is 2. The van der Waals surface area contributed by atoms with Crippen molar-refractivity contribution in [3.05, 3.63) is 121 Å². The zero-order valence-corrected chi connectivity index (χ0v) is 22.1. The first-order valence-corrected chi connectivity index (χ1v) is 14.1.